The Balaban J connectivity index is 0.836. The number of unbranched alkanes of at least 4 members (excludes halogenated alkanes) is 2. The fourth-order valence-electron chi connectivity index (χ4n) is 9.13. The zero-order valence-electron chi connectivity index (χ0n) is 44.9. The number of amides is 4. The van der Waals surface area contributed by atoms with Gasteiger partial charge in [0, 0.05) is 47.0 Å². The molecule has 7 rings (SSSR count). The van der Waals surface area contributed by atoms with Gasteiger partial charge in [-0.3, -0.25) is 33.5 Å². The van der Waals surface area contributed by atoms with Crippen molar-refractivity contribution in [1.29, 1.82) is 0 Å². The van der Waals surface area contributed by atoms with Gasteiger partial charge in [0.25, 0.3) is 0 Å². The van der Waals surface area contributed by atoms with Gasteiger partial charge < -0.3 is 45.5 Å². The number of rotatable bonds is 26. The lowest BCUT2D eigenvalue weighted by molar-refractivity contribution is -0.150. The van der Waals surface area contributed by atoms with Gasteiger partial charge in [0.2, 0.25) is 23.6 Å². The van der Waals surface area contributed by atoms with Gasteiger partial charge in [-0.05, 0) is 81.3 Å². The Hall–Kier alpha value is -5.94. The van der Waals surface area contributed by atoms with Crippen LogP contribution in [0.15, 0.2) is 59.0 Å². The van der Waals surface area contributed by atoms with E-state index in [0.29, 0.717) is 29.6 Å². The van der Waals surface area contributed by atoms with E-state index in [9.17, 15) is 24.0 Å². The number of aryl methyl sites for hydroxylation is 3. The summed E-state index contributed by atoms with van der Waals surface area (Å²) in [7, 11) is 0. The monoisotopic (exact) mass is 1110 g/mol. The standard InChI is InChI=1S/C55H71ClN10O9S2/c1-33-35(3)77-54-47(33)48(38-16-18-40(56)19-17-38)61-42(51-64-63-36(4)66(51)54)28-44(67)58-21-22-72-23-24-73-25-26-74-31-45(68)62-50(55(5,6)7)53(71)65-30-41(75-46(69)11-9-8-10-20-57)27-43(65)52(70)59-29-37-12-14-39(15-13-37)49-34(2)60-32-76-49/h12-19,32,41-43,50H,8-11,20-31,57H2,1-7H3,(H,58,67)(H,59,70)(H,62,68)/t41-,42+,43+,50-/m1/s1. The number of halogens is 1. The normalized spacial score (nSPS) is 16.5. The van der Waals surface area contributed by atoms with Crippen molar-refractivity contribution in [2.24, 2.45) is 16.1 Å². The molecule has 77 heavy (non-hydrogen) atoms. The topological polar surface area (TPSA) is 244 Å². The quantitative estimate of drug-likeness (QED) is 0.0335. The summed E-state index contributed by atoms with van der Waals surface area (Å²) in [6, 6.07) is 12.8. The Bertz CT molecular complexity index is 2860. The number of esters is 1. The van der Waals surface area contributed by atoms with Crippen LogP contribution >= 0.6 is 34.3 Å². The van der Waals surface area contributed by atoms with Crippen LogP contribution in [0.2, 0.25) is 5.02 Å². The molecule has 5 N–H and O–H groups in total. The minimum Gasteiger partial charge on any atom is -0.460 e. The fourth-order valence-corrected chi connectivity index (χ4v) is 11.3. The highest BCUT2D eigenvalue weighted by Crippen LogP contribution is 2.40. The van der Waals surface area contributed by atoms with Gasteiger partial charge in [0.1, 0.15) is 41.7 Å². The molecule has 0 bridgehead atoms. The number of nitrogens with one attached hydrogen (secondary N) is 3. The second-order valence-electron chi connectivity index (χ2n) is 20.2. The summed E-state index contributed by atoms with van der Waals surface area (Å²) in [5, 5.41) is 19.2. The van der Waals surface area contributed by atoms with Gasteiger partial charge in [-0.1, -0.05) is 75.2 Å². The van der Waals surface area contributed by atoms with Crippen molar-refractivity contribution in [2.75, 3.05) is 59.3 Å². The maximum absolute atomic E-state index is 14.5. The van der Waals surface area contributed by atoms with E-state index in [0.717, 1.165) is 66.8 Å². The molecule has 414 valence electrons. The molecule has 0 spiro atoms. The Labute approximate surface area is 463 Å². The first-order valence-electron chi connectivity index (χ1n) is 26.1. The zero-order valence-corrected chi connectivity index (χ0v) is 47.3. The van der Waals surface area contributed by atoms with Crippen LogP contribution in [0.4, 0.5) is 0 Å². The molecule has 1 saturated heterocycles. The number of nitrogens with two attached hydrogens (primary N) is 1. The minimum atomic E-state index is -1.03. The third kappa shape index (κ3) is 15.6. The number of benzene rings is 2. The van der Waals surface area contributed by atoms with E-state index >= 15 is 0 Å². The number of fused-ring (bicyclic) bond motifs is 3. The van der Waals surface area contributed by atoms with Crippen LogP contribution in [0.25, 0.3) is 15.4 Å². The number of likely N-dealkylation sites (tertiary alicyclic amines) is 1. The van der Waals surface area contributed by atoms with Crippen LogP contribution in [-0.4, -0.2) is 137 Å². The van der Waals surface area contributed by atoms with Gasteiger partial charge in [0.15, 0.2) is 5.82 Å². The maximum Gasteiger partial charge on any atom is 0.306 e. The summed E-state index contributed by atoms with van der Waals surface area (Å²) in [6.45, 7) is 15.2. The number of aliphatic imine (C=N–C) groups is 1. The third-order valence-corrected chi connectivity index (χ3v) is 15.8. The molecule has 0 aliphatic carbocycles. The molecule has 2 aromatic carbocycles. The van der Waals surface area contributed by atoms with E-state index in [1.54, 1.807) is 28.2 Å². The van der Waals surface area contributed by atoms with Crippen molar-refractivity contribution in [3.8, 4) is 15.4 Å². The van der Waals surface area contributed by atoms with Crippen LogP contribution in [0, 0.1) is 33.1 Å². The van der Waals surface area contributed by atoms with Crippen LogP contribution in [0.1, 0.15) is 110 Å². The van der Waals surface area contributed by atoms with Gasteiger partial charge in [-0.15, -0.1) is 32.9 Å². The SMILES string of the molecule is Cc1ncsc1-c1ccc(CNC(=O)[C@@H]2C[C@@H](OC(=O)CCCCCN)CN2C(=O)[C@@H](NC(=O)COCCOCCOCCNC(=O)C[C@@H]2N=C(c3ccc(Cl)cc3)c3c(sc(C)c3C)-n3c(C)nnc32)C(C)(C)C)cc1. The van der Waals surface area contributed by atoms with E-state index in [-0.39, 0.29) is 84.4 Å². The Kier molecular flexibility index (Phi) is 21.0. The number of thiazole rings is 1. The van der Waals surface area contributed by atoms with Crippen LogP contribution in [0.5, 0.6) is 0 Å². The molecule has 3 aromatic heterocycles. The average molecular weight is 1120 g/mol. The van der Waals surface area contributed by atoms with Crippen molar-refractivity contribution in [1.82, 2.24) is 40.6 Å². The molecule has 19 nitrogen and oxygen atoms in total. The predicted molar refractivity (Wildman–Crippen MR) is 296 cm³/mol. The first-order chi connectivity index (χ1) is 36.9. The molecular weight excluding hydrogens is 1040 g/mol. The Morgan fingerprint density at radius 1 is 0.857 bits per heavy atom. The number of carbonyl (C=O) groups excluding carboxylic acids is 5. The van der Waals surface area contributed by atoms with E-state index < -0.39 is 53.3 Å². The molecular formula is C55H71ClN10O9S2. The smallest absolute Gasteiger partial charge is 0.306 e. The Morgan fingerprint density at radius 2 is 1.56 bits per heavy atom. The first-order valence-corrected chi connectivity index (χ1v) is 28.1. The first kappa shape index (κ1) is 58.7. The molecule has 4 atom stereocenters. The van der Waals surface area contributed by atoms with Gasteiger partial charge >= 0.3 is 5.97 Å². The molecule has 5 aromatic rings. The minimum absolute atomic E-state index is 0.00578. The highest BCUT2D eigenvalue weighted by atomic mass is 35.5. The lowest BCUT2D eigenvalue weighted by Gasteiger charge is -2.35. The van der Waals surface area contributed by atoms with Crippen LogP contribution < -0.4 is 21.7 Å². The van der Waals surface area contributed by atoms with E-state index in [1.807, 2.05) is 87.7 Å². The maximum atomic E-state index is 14.5. The van der Waals surface area contributed by atoms with Gasteiger partial charge in [0.05, 0.1) is 67.8 Å². The third-order valence-electron chi connectivity index (χ3n) is 13.4. The fraction of sp³-hybridized carbons (Fsp3) is 0.509. The number of hydrogen-bond acceptors (Lipinski definition) is 16. The van der Waals surface area contributed by atoms with Gasteiger partial charge in [-0.25, -0.2) is 4.98 Å². The summed E-state index contributed by atoms with van der Waals surface area (Å²) >= 11 is 9.45. The van der Waals surface area contributed by atoms with Crippen LogP contribution in [0.3, 0.4) is 0 Å². The molecule has 1 fully saturated rings. The van der Waals surface area contributed by atoms with Crippen molar-refractivity contribution < 1.29 is 42.9 Å². The van der Waals surface area contributed by atoms with E-state index in [2.05, 4.69) is 45.0 Å². The molecule has 4 amide bonds. The number of aromatic nitrogens is 4. The second-order valence-corrected chi connectivity index (χ2v) is 22.7. The second kappa shape index (κ2) is 27.6. The number of ether oxygens (including phenoxy) is 4. The van der Waals surface area contributed by atoms with Crippen LogP contribution in [-0.2, 0) is 49.5 Å². The largest absolute Gasteiger partial charge is 0.460 e. The predicted octanol–water partition coefficient (Wildman–Crippen LogP) is 6.67. The van der Waals surface area contributed by atoms with E-state index in [1.165, 1.54) is 4.90 Å². The molecule has 5 heterocycles. The Morgan fingerprint density at radius 3 is 2.25 bits per heavy atom. The van der Waals surface area contributed by atoms with E-state index in [4.69, 9.17) is 41.3 Å². The molecule has 22 heteroatoms. The van der Waals surface area contributed by atoms with Crippen molar-refractivity contribution in [2.45, 2.75) is 118 Å². The summed E-state index contributed by atoms with van der Waals surface area (Å²) in [5.74, 6) is -0.696. The molecule has 0 radical (unpaired) electrons. The molecule has 0 unspecified atom stereocenters. The highest BCUT2D eigenvalue weighted by Gasteiger charge is 2.46. The summed E-state index contributed by atoms with van der Waals surface area (Å²) in [4.78, 5) is 81.0. The van der Waals surface area contributed by atoms with Gasteiger partial charge in [-0.2, -0.15) is 0 Å². The summed E-state index contributed by atoms with van der Waals surface area (Å²) < 4.78 is 24.8. The van der Waals surface area contributed by atoms with Crippen molar-refractivity contribution >= 4 is 69.6 Å². The number of nitrogens with zero attached hydrogens (tertiary/aromatic N) is 6. The zero-order chi connectivity index (χ0) is 55.2. The van der Waals surface area contributed by atoms with Crippen molar-refractivity contribution in [3.05, 3.63) is 104 Å². The number of hydrogen-bond donors (Lipinski definition) is 4. The molecule has 2 aliphatic heterocycles. The highest BCUT2D eigenvalue weighted by molar-refractivity contribution is 7.15. The summed E-state index contributed by atoms with van der Waals surface area (Å²) in [5.41, 5.74) is 13.3. The number of carbonyl (C=O) groups is 5. The number of thiophene rings is 1. The average Bonchev–Trinajstić information content (AvgIpc) is 4.37. The lowest BCUT2D eigenvalue weighted by atomic mass is 9.85. The molecule has 0 saturated carbocycles. The molecule has 2 aliphatic rings. The summed E-state index contributed by atoms with van der Waals surface area (Å²) in [6.07, 6.45) is 1.87. The lowest BCUT2D eigenvalue weighted by Crippen LogP contribution is -2.58. The van der Waals surface area contributed by atoms with Crippen molar-refractivity contribution in [3.63, 3.8) is 0 Å².